The lowest BCUT2D eigenvalue weighted by atomic mass is 10.0. The summed E-state index contributed by atoms with van der Waals surface area (Å²) in [6, 6.07) is 9.54. The third kappa shape index (κ3) is 5.92. The summed E-state index contributed by atoms with van der Waals surface area (Å²) in [6.45, 7) is 1.46. The van der Waals surface area contributed by atoms with Crippen LogP contribution in [-0.2, 0) is 17.8 Å². The van der Waals surface area contributed by atoms with E-state index in [-0.39, 0.29) is 29.4 Å². The van der Waals surface area contributed by atoms with Crippen LogP contribution in [0.4, 0.5) is 24.3 Å². The summed E-state index contributed by atoms with van der Waals surface area (Å²) in [6.07, 6.45) is -0.426. The van der Waals surface area contributed by atoms with E-state index in [0.29, 0.717) is 22.4 Å². The van der Waals surface area contributed by atoms with E-state index >= 15 is 0 Å². The predicted molar refractivity (Wildman–Crippen MR) is 134 cm³/mol. The highest BCUT2D eigenvalue weighted by Crippen LogP contribution is 2.44. The van der Waals surface area contributed by atoms with Crippen LogP contribution in [0.5, 0.6) is 0 Å². The third-order valence-corrected chi connectivity index (χ3v) is 6.49. The van der Waals surface area contributed by atoms with Crippen LogP contribution in [-0.4, -0.2) is 42.8 Å². The molecule has 190 valence electrons. The van der Waals surface area contributed by atoms with E-state index < -0.39 is 35.8 Å². The van der Waals surface area contributed by atoms with Gasteiger partial charge in [-0.1, -0.05) is 25.1 Å². The molecule has 36 heavy (non-hydrogen) atoms. The van der Waals surface area contributed by atoms with Gasteiger partial charge in [0.2, 0.25) is 0 Å². The molecule has 0 radical (unpaired) electrons. The molecule has 0 spiro atoms. The number of nitrogens with zero attached hydrogens (tertiary/aromatic N) is 3. The van der Waals surface area contributed by atoms with Crippen molar-refractivity contribution >= 4 is 34.1 Å². The molecule has 0 aliphatic carbocycles. The minimum atomic E-state index is -1.31. The van der Waals surface area contributed by atoms with Gasteiger partial charge in [-0.15, -0.1) is 16.2 Å². The molecule has 0 saturated heterocycles. The highest BCUT2D eigenvalue weighted by atomic mass is 32.1. The molecule has 1 amide bonds. The van der Waals surface area contributed by atoms with E-state index in [4.69, 9.17) is 4.74 Å². The van der Waals surface area contributed by atoms with Gasteiger partial charge in [-0.25, -0.2) is 18.4 Å². The number of ether oxygens (including phenoxy) is 1. The van der Waals surface area contributed by atoms with E-state index in [1.165, 1.54) is 18.2 Å². The van der Waals surface area contributed by atoms with Crippen molar-refractivity contribution in [3.05, 3.63) is 75.7 Å². The summed E-state index contributed by atoms with van der Waals surface area (Å²) in [7, 11) is 3.52. The number of amides is 1. The quantitative estimate of drug-likeness (QED) is 0.312. The van der Waals surface area contributed by atoms with Gasteiger partial charge in [0, 0.05) is 22.5 Å². The highest BCUT2D eigenvalue weighted by molar-refractivity contribution is 7.20. The van der Waals surface area contributed by atoms with Gasteiger partial charge in [-0.3, -0.25) is 4.90 Å². The van der Waals surface area contributed by atoms with Crippen LogP contribution < -0.4 is 4.90 Å². The number of nitroso groups, excluding NO2 is 1. The molecule has 0 unspecified atom stereocenters. The van der Waals surface area contributed by atoms with Gasteiger partial charge >= 0.3 is 12.1 Å². The lowest BCUT2D eigenvalue weighted by molar-refractivity contribution is 0.0696. The number of carbonyl (C=O) groups excluding carboxylic acids is 1. The molecule has 0 fully saturated rings. The fourth-order valence-electron chi connectivity index (χ4n) is 3.56. The van der Waals surface area contributed by atoms with Gasteiger partial charge in [0.15, 0.2) is 0 Å². The van der Waals surface area contributed by atoms with E-state index in [0.717, 1.165) is 28.4 Å². The summed E-state index contributed by atoms with van der Waals surface area (Å²) in [5, 5.41) is 13.1. The van der Waals surface area contributed by atoms with Crippen LogP contribution >= 0.6 is 11.3 Å². The maximum atomic E-state index is 14.5. The average Bonchev–Trinajstić information content (AvgIpc) is 3.20. The Morgan fingerprint density at radius 1 is 1.03 bits per heavy atom. The Bertz CT molecular complexity index is 1240. The number of thiophene rings is 1. The minimum Gasteiger partial charge on any atom is -0.478 e. The van der Waals surface area contributed by atoms with E-state index in [1.54, 1.807) is 38.1 Å². The number of aromatic carboxylic acids is 1. The number of halogens is 2. The summed E-state index contributed by atoms with van der Waals surface area (Å²) >= 11 is 0.988. The number of rotatable bonds is 10. The second kappa shape index (κ2) is 11.8. The van der Waals surface area contributed by atoms with Gasteiger partial charge < -0.3 is 14.7 Å². The molecule has 8 nitrogen and oxygen atoms in total. The smallest absolute Gasteiger partial charge is 0.415 e. The van der Waals surface area contributed by atoms with Crippen molar-refractivity contribution in [2.24, 2.45) is 5.18 Å². The van der Waals surface area contributed by atoms with Crippen LogP contribution in [0.2, 0.25) is 0 Å². The van der Waals surface area contributed by atoms with Crippen LogP contribution in [0.15, 0.2) is 47.6 Å². The molecule has 0 aliphatic rings. The number of hydrogen-bond donors (Lipinski definition) is 1. The summed E-state index contributed by atoms with van der Waals surface area (Å²) in [5.74, 6) is -3.05. The first kappa shape index (κ1) is 26.9. The van der Waals surface area contributed by atoms with Gasteiger partial charge in [0.1, 0.15) is 22.3 Å². The second-order valence-corrected chi connectivity index (χ2v) is 9.17. The fraction of sp³-hybridized carbons (Fsp3) is 0.280. The number of carboxylic acids is 1. The lowest BCUT2D eigenvalue weighted by Gasteiger charge is -2.22. The lowest BCUT2D eigenvalue weighted by Crippen LogP contribution is -2.32. The molecule has 1 aromatic heterocycles. The Morgan fingerprint density at radius 2 is 1.67 bits per heavy atom. The normalized spacial score (nSPS) is 10.9. The molecule has 0 bridgehead atoms. The molecule has 0 atom stereocenters. The van der Waals surface area contributed by atoms with Gasteiger partial charge in [0.25, 0.3) is 0 Å². The number of carboxylic acid groups (broad SMARTS) is 1. The zero-order valence-corrected chi connectivity index (χ0v) is 20.8. The Balaban J connectivity index is 2.25. The largest absolute Gasteiger partial charge is 0.478 e. The first-order valence-corrected chi connectivity index (χ1v) is 11.8. The van der Waals surface area contributed by atoms with E-state index in [2.05, 4.69) is 5.18 Å². The van der Waals surface area contributed by atoms with Crippen LogP contribution in [0.1, 0.15) is 34.8 Å². The van der Waals surface area contributed by atoms with Crippen LogP contribution in [0, 0.1) is 16.5 Å². The molecule has 0 aliphatic heterocycles. The van der Waals surface area contributed by atoms with Crippen molar-refractivity contribution in [3.8, 4) is 10.4 Å². The zero-order chi connectivity index (χ0) is 26.4. The summed E-state index contributed by atoms with van der Waals surface area (Å²) < 4.78 is 34.3. The zero-order valence-electron chi connectivity index (χ0n) is 20.0. The maximum Gasteiger partial charge on any atom is 0.415 e. The van der Waals surface area contributed by atoms with Crippen molar-refractivity contribution in [1.29, 1.82) is 0 Å². The highest BCUT2D eigenvalue weighted by Gasteiger charge is 2.32. The Morgan fingerprint density at radius 3 is 2.19 bits per heavy atom. The second-order valence-electron chi connectivity index (χ2n) is 8.17. The summed E-state index contributed by atoms with van der Waals surface area (Å²) in [4.78, 5) is 39.7. The maximum absolute atomic E-state index is 14.5. The first-order chi connectivity index (χ1) is 17.2. The van der Waals surface area contributed by atoms with E-state index in [1.807, 2.05) is 0 Å². The van der Waals surface area contributed by atoms with Gasteiger partial charge in [0.05, 0.1) is 18.7 Å². The third-order valence-electron chi connectivity index (χ3n) is 5.18. The molecular weight excluding hydrogens is 492 g/mol. The number of carbonyl (C=O) groups is 2. The van der Waals surface area contributed by atoms with Crippen molar-refractivity contribution in [2.75, 3.05) is 25.6 Å². The minimum absolute atomic E-state index is 0.0179. The first-order valence-electron chi connectivity index (χ1n) is 11.0. The number of hydrogen-bond acceptors (Lipinski definition) is 7. The molecule has 3 aromatic rings. The Kier molecular flexibility index (Phi) is 8.83. The predicted octanol–water partition coefficient (Wildman–Crippen LogP) is 6.40. The Labute approximate surface area is 210 Å². The van der Waals surface area contributed by atoms with Crippen molar-refractivity contribution in [2.45, 2.75) is 26.4 Å². The molecular formula is C25H25F2N3O5S. The fourth-order valence-corrected chi connectivity index (χ4v) is 4.86. The van der Waals surface area contributed by atoms with Gasteiger partial charge in [-0.2, -0.15) is 0 Å². The van der Waals surface area contributed by atoms with Crippen molar-refractivity contribution in [1.82, 2.24) is 4.90 Å². The topological polar surface area (TPSA) is 99.5 Å². The van der Waals surface area contributed by atoms with Crippen LogP contribution in [0.3, 0.4) is 0 Å². The van der Waals surface area contributed by atoms with Crippen molar-refractivity contribution in [3.63, 3.8) is 0 Å². The molecule has 2 aromatic carbocycles. The molecule has 1 heterocycles. The SMILES string of the molecule is CCCOC(=O)N(Cc1c(F)cccc1F)c1sc(-c2ccc(N=O)cc2)c(CN(C)C)c1C(=O)O. The number of benzene rings is 2. The summed E-state index contributed by atoms with van der Waals surface area (Å²) in [5.41, 5.74) is 0.626. The molecule has 11 heteroatoms. The monoisotopic (exact) mass is 517 g/mol. The molecule has 0 saturated carbocycles. The Hall–Kier alpha value is -3.70. The average molecular weight is 518 g/mol. The molecule has 1 N–H and O–H groups in total. The standard InChI is InChI=1S/C25H25F2N3O5S/c1-4-12-35-25(33)30(14-17-19(26)6-5-7-20(17)27)23-21(24(31)32)18(13-29(2)3)22(36-23)15-8-10-16(28-34)11-9-15/h5-11H,4,12-14H2,1-3H3,(H,31,32). The number of anilines is 1. The van der Waals surface area contributed by atoms with Crippen molar-refractivity contribution < 1.29 is 28.2 Å². The van der Waals surface area contributed by atoms with Gasteiger partial charge in [-0.05, 0) is 55.5 Å². The van der Waals surface area contributed by atoms with E-state index in [9.17, 15) is 28.4 Å². The molecule has 3 rings (SSSR count). The van der Waals surface area contributed by atoms with Crippen LogP contribution in [0.25, 0.3) is 10.4 Å².